The average Bonchev–Trinajstić information content (AvgIpc) is 2.36. The molecule has 1 amide bonds. The van der Waals surface area contributed by atoms with Crippen molar-refractivity contribution in [2.45, 2.75) is 25.2 Å². The Bertz CT molecular complexity index is 553. The minimum Gasteiger partial charge on any atom is -0.383 e. The fraction of sp³-hybridized carbons (Fsp3) is 0.500. The van der Waals surface area contributed by atoms with Crippen molar-refractivity contribution in [2.75, 3.05) is 24.7 Å². The van der Waals surface area contributed by atoms with Crippen LogP contribution in [0.15, 0.2) is 29.2 Å². The molecule has 0 unspecified atom stereocenters. The lowest BCUT2D eigenvalue weighted by molar-refractivity contribution is -0.120. The largest absolute Gasteiger partial charge is 0.383 e. The van der Waals surface area contributed by atoms with Crippen LogP contribution in [0, 0.1) is 5.92 Å². The number of carbonyl (C=O) groups excluding carboxylic acids is 1. The van der Waals surface area contributed by atoms with Crippen molar-refractivity contribution >= 4 is 21.4 Å². The molecule has 0 aromatic heterocycles. The third-order valence-corrected chi connectivity index (χ3v) is 3.82. The Hall–Kier alpha value is -1.56. The first-order valence-corrected chi connectivity index (χ1v) is 8.49. The first-order valence-electron chi connectivity index (χ1n) is 6.60. The Balaban J connectivity index is 2.53. The summed E-state index contributed by atoms with van der Waals surface area (Å²) in [4.78, 5) is 11.8. The molecule has 1 aromatic rings. The van der Waals surface area contributed by atoms with Crippen LogP contribution in [-0.4, -0.2) is 33.7 Å². The lowest BCUT2D eigenvalue weighted by Crippen LogP contribution is -2.28. The summed E-state index contributed by atoms with van der Waals surface area (Å²) in [6.45, 7) is 5.11. The van der Waals surface area contributed by atoms with Crippen LogP contribution >= 0.6 is 0 Å². The van der Waals surface area contributed by atoms with Gasteiger partial charge in [0.15, 0.2) is 9.84 Å². The quantitative estimate of drug-likeness (QED) is 0.803. The van der Waals surface area contributed by atoms with Crippen LogP contribution in [0.25, 0.3) is 0 Å². The van der Waals surface area contributed by atoms with Gasteiger partial charge in [-0.1, -0.05) is 26.0 Å². The van der Waals surface area contributed by atoms with E-state index in [1.165, 1.54) is 6.26 Å². The summed E-state index contributed by atoms with van der Waals surface area (Å²) in [7, 11) is -3.27. The number of hydrogen-bond acceptors (Lipinski definition) is 4. The van der Waals surface area contributed by atoms with Gasteiger partial charge in [-0.05, 0) is 18.1 Å². The molecule has 0 aliphatic carbocycles. The predicted molar refractivity (Wildman–Crippen MR) is 80.5 cm³/mol. The molecule has 112 valence electrons. The standard InChI is InChI=1S/C14H22N2O3S/c1-11(2)10-16-14(17)8-9-15-12-6-4-5-7-13(12)20(3,18)19/h4-7,11,15H,8-10H2,1-3H3,(H,16,17). The molecule has 0 spiro atoms. The molecule has 0 aliphatic rings. The van der Waals surface area contributed by atoms with Gasteiger partial charge in [0, 0.05) is 25.8 Å². The number of sulfone groups is 1. The number of amides is 1. The highest BCUT2D eigenvalue weighted by molar-refractivity contribution is 7.90. The fourth-order valence-corrected chi connectivity index (χ4v) is 2.52. The van der Waals surface area contributed by atoms with Crippen LogP contribution in [0.2, 0.25) is 0 Å². The Labute approximate surface area is 120 Å². The van der Waals surface area contributed by atoms with E-state index in [1.807, 2.05) is 13.8 Å². The van der Waals surface area contributed by atoms with Gasteiger partial charge in [-0.3, -0.25) is 4.79 Å². The molecule has 0 bridgehead atoms. The molecule has 20 heavy (non-hydrogen) atoms. The van der Waals surface area contributed by atoms with E-state index in [1.54, 1.807) is 24.3 Å². The number of rotatable bonds is 7. The van der Waals surface area contributed by atoms with E-state index in [4.69, 9.17) is 0 Å². The molecule has 5 nitrogen and oxygen atoms in total. The zero-order valence-corrected chi connectivity index (χ0v) is 13.0. The van der Waals surface area contributed by atoms with Crippen LogP contribution in [0.5, 0.6) is 0 Å². The molecule has 2 N–H and O–H groups in total. The van der Waals surface area contributed by atoms with Gasteiger partial charge >= 0.3 is 0 Å². The van der Waals surface area contributed by atoms with Crippen LogP contribution in [0.3, 0.4) is 0 Å². The Morgan fingerprint density at radius 1 is 1.25 bits per heavy atom. The van der Waals surface area contributed by atoms with Crippen molar-refractivity contribution in [2.24, 2.45) is 5.92 Å². The first-order chi connectivity index (χ1) is 9.30. The molecule has 0 radical (unpaired) electrons. The van der Waals surface area contributed by atoms with Gasteiger partial charge in [-0.2, -0.15) is 0 Å². The van der Waals surface area contributed by atoms with Gasteiger partial charge in [0.2, 0.25) is 5.91 Å². The highest BCUT2D eigenvalue weighted by atomic mass is 32.2. The Morgan fingerprint density at radius 3 is 2.50 bits per heavy atom. The number of nitrogens with one attached hydrogen (secondary N) is 2. The first kappa shape index (κ1) is 16.5. The SMILES string of the molecule is CC(C)CNC(=O)CCNc1ccccc1S(C)(=O)=O. The van der Waals surface area contributed by atoms with E-state index in [0.29, 0.717) is 31.1 Å². The maximum absolute atomic E-state index is 11.6. The lowest BCUT2D eigenvalue weighted by Gasteiger charge is -2.11. The maximum Gasteiger partial charge on any atom is 0.221 e. The summed E-state index contributed by atoms with van der Waals surface area (Å²) < 4.78 is 23.2. The third kappa shape index (κ3) is 5.61. The minimum atomic E-state index is -3.27. The van der Waals surface area contributed by atoms with Crippen molar-refractivity contribution < 1.29 is 13.2 Å². The molecular weight excluding hydrogens is 276 g/mol. The summed E-state index contributed by atoms with van der Waals surface area (Å²) in [6.07, 6.45) is 1.48. The second-order valence-electron chi connectivity index (χ2n) is 5.14. The topological polar surface area (TPSA) is 75.3 Å². The normalized spacial score (nSPS) is 11.4. The Kier molecular flexibility index (Phi) is 6.01. The monoisotopic (exact) mass is 298 g/mol. The number of hydrogen-bond donors (Lipinski definition) is 2. The molecule has 0 saturated carbocycles. The summed E-state index contributed by atoms with van der Waals surface area (Å²) >= 11 is 0. The smallest absolute Gasteiger partial charge is 0.221 e. The Morgan fingerprint density at radius 2 is 1.90 bits per heavy atom. The van der Waals surface area contributed by atoms with Gasteiger partial charge in [-0.25, -0.2) is 8.42 Å². The van der Waals surface area contributed by atoms with Gasteiger partial charge in [-0.15, -0.1) is 0 Å². The van der Waals surface area contributed by atoms with E-state index < -0.39 is 9.84 Å². The molecule has 0 atom stereocenters. The van der Waals surface area contributed by atoms with Crippen LogP contribution in [0.1, 0.15) is 20.3 Å². The summed E-state index contributed by atoms with van der Waals surface area (Å²) in [6, 6.07) is 6.69. The van der Waals surface area contributed by atoms with Crippen LogP contribution < -0.4 is 10.6 Å². The van der Waals surface area contributed by atoms with Crippen LogP contribution in [-0.2, 0) is 14.6 Å². The van der Waals surface area contributed by atoms with Crippen molar-refractivity contribution in [3.63, 3.8) is 0 Å². The van der Waals surface area contributed by atoms with E-state index in [9.17, 15) is 13.2 Å². The van der Waals surface area contributed by atoms with Crippen molar-refractivity contribution in [1.29, 1.82) is 0 Å². The highest BCUT2D eigenvalue weighted by Gasteiger charge is 2.12. The van der Waals surface area contributed by atoms with Gasteiger partial charge in [0.05, 0.1) is 10.6 Å². The van der Waals surface area contributed by atoms with Crippen molar-refractivity contribution in [3.05, 3.63) is 24.3 Å². The summed E-state index contributed by atoms with van der Waals surface area (Å²) in [5.41, 5.74) is 0.534. The molecule has 0 heterocycles. The van der Waals surface area contributed by atoms with Gasteiger partial charge < -0.3 is 10.6 Å². The molecule has 6 heteroatoms. The van der Waals surface area contributed by atoms with Crippen molar-refractivity contribution in [1.82, 2.24) is 5.32 Å². The van der Waals surface area contributed by atoms with Gasteiger partial charge in [0.1, 0.15) is 0 Å². The number of carbonyl (C=O) groups is 1. The molecule has 1 aromatic carbocycles. The van der Waals surface area contributed by atoms with Gasteiger partial charge in [0.25, 0.3) is 0 Å². The van der Waals surface area contributed by atoms with E-state index in [0.717, 1.165) is 0 Å². The number of benzene rings is 1. The molecular formula is C14H22N2O3S. The van der Waals surface area contributed by atoms with E-state index >= 15 is 0 Å². The minimum absolute atomic E-state index is 0.0389. The van der Waals surface area contributed by atoms with Crippen molar-refractivity contribution in [3.8, 4) is 0 Å². The molecule has 0 saturated heterocycles. The summed E-state index contributed by atoms with van der Waals surface area (Å²) in [5.74, 6) is 0.376. The number of anilines is 1. The fourth-order valence-electron chi connectivity index (χ4n) is 1.65. The maximum atomic E-state index is 11.6. The zero-order valence-electron chi connectivity index (χ0n) is 12.1. The van der Waals surface area contributed by atoms with E-state index in [2.05, 4.69) is 10.6 Å². The third-order valence-electron chi connectivity index (χ3n) is 2.66. The number of para-hydroxylation sites is 1. The molecule has 1 rings (SSSR count). The lowest BCUT2D eigenvalue weighted by atomic mass is 10.2. The predicted octanol–water partition coefficient (Wildman–Crippen LogP) is 1.66. The second-order valence-corrected chi connectivity index (χ2v) is 7.13. The van der Waals surface area contributed by atoms with E-state index in [-0.39, 0.29) is 10.8 Å². The highest BCUT2D eigenvalue weighted by Crippen LogP contribution is 2.20. The average molecular weight is 298 g/mol. The summed E-state index contributed by atoms with van der Waals surface area (Å²) in [5, 5.41) is 5.81. The molecule has 0 fully saturated rings. The van der Waals surface area contributed by atoms with Crippen LogP contribution in [0.4, 0.5) is 5.69 Å². The zero-order chi connectivity index (χ0) is 15.2. The molecule has 0 aliphatic heterocycles. The second kappa shape index (κ2) is 7.28.